The summed E-state index contributed by atoms with van der Waals surface area (Å²) in [6.45, 7) is 3.75. The number of rotatable bonds is 4. The number of hydrogen-bond acceptors (Lipinski definition) is 3. The van der Waals surface area contributed by atoms with Crippen LogP contribution in [0.5, 0.6) is 5.75 Å². The summed E-state index contributed by atoms with van der Waals surface area (Å²) in [4.78, 5) is 17.1. The van der Waals surface area contributed by atoms with Gasteiger partial charge in [-0.25, -0.2) is 5.06 Å². The minimum Gasteiger partial charge on any atom is -0.493 e. The van der Waals surface area contributed by atoms with Crippen LogP contribution in [-0.2, 0) is 9.63 Å². The third-order valence-electron chi connectivity index (χ3n) is 2.86. The Balaban J connectivity index is 1.73. The molecule has 18 heavy (non-hydrogen) atoms. The van der Waals surface area contributed by atoms with Crippen molar-refractivity contribution in [2.75, 3.05) is 19.8 Å². The largest absolute Gasteiger partial charge is 0.493 e. The van der Waals surface area contributed by atoms with Crippen molar-refractivity contribution in [3.8, 4) is 5.75 Å². The van der Waals surface area contributed by atoms with E-state index in [0.29, 0.717) is 26.2 Å². The Morgan fingerprint density at radius 2 is 2.33 bits per heavy atom. The van der Waals surface area contributed by atoms with Crippen molar-refractivity contribution in [2.45, 2.75) is 26.2 Å². The molecule has 0 radical (unpaired) electrons. The van der Waals surface area contributed by atoms with Crippen LogP contribution in [0.2, 0.25) is 0 Å². The van der Waals surface area contributed by atoms with Gasteiger partial charge in [0, 0.05) is 6.54 Å². The number of aryl methyl sites for hydroxylation is 1. The summed E-state index contributed by atoms with van der Waals surface area (Å²) >= 11 is 0. The van der Waals surface area contributed by atoms with Crippen molar-refractivity contribution in [1.82, 2.24) is 5.06 Å². The van der Waals surface area contributed by atoms with Gasteiger partial charge in [0.2, 0.25) is 5.91 Å². The summed E-state index contributed by atoms with van der Waals surface area (Å²) in [6.07, 6.45) is 2.40. The molecule has 0 saturated carbocycles. The van der Waals surface area contributed by atoms with Gasteiger partial charge in [0.25, 0.3) is 0 Å². The molecule has 0 bridgehead atoms. The van der Waals surface area contributed by atoms with Crippen LogP contribution in [0.4, 0.5) is 0 Å². The molecule has 0 spiro atoms. The van der Waals surface area contributed by atoms with E-state index in [9.17, 15) is 4.79 Å². The van der Waals surface area contributed by atoms with Gasteiger partial charge in [-0.15, -0.1) is 0 Å². The van der Waals surface area contributed by atoms with E-state index in [-0.39, 0.29) is 5.91 Å². The molecule has 1 aliphatic rings. The Bertz CT molecular complexity index is 400. The fraction of sp³-hybridized carbons (Fsp3) is 0.500. The van der Waals surface area contributed by atoms with E-state index in [2.05, 4.69) is 0 Å². The number of carbonyl (C=O) groups is 1. The molecule has 1 heterocycles. The topological polar surface area (TPSA) is 38.8 Å². The van der Waals surface area contributed by atoms with Crippen LogP contribution in [0, 0.1) is 6.92 Å². The predicted octanol–water partition coefficient (Wildman–Crippen LogP) is 2.32. The lowest BCUT2D eigenvalue weighted by molar-refractivity contribution is -0.197. The summed E-state index contributed by atoms with van der Waals surface area (Å²) in [5.41, 5.74) is 1.15. The third kappa shape index (κ3) is 3.74. The first-order chi connectivity index (χ1) is 8.75. The number of benzene rings is 1. The average Bonchev–Trinajstić information content (AvgIpc) is 2.40. The lowest BCUT2D eigenvalue weighted by Gasteiger charge is -2.25. The first-order valence-electron chi connectivity index (χ1n) is 6.38. The normalized spacial score (nSPS) is 15.5. The van der Waals surface area contributed by atoms with Crippen LogP contribution < -0.4 is 4.74 Å². The highest BCUT2D eigenvalue weighted by Gasteiger charge is 2.17. The number of ether oxygens (including phenoxy) is 1. The fourth-order valence-electron chi connectivity index (χ4n) is 1.88. The van der Waals surface area contributed by atoms with Gasteiger partial charge in [-0.1, -0.05) is 12.1 Å². The van der Waals surface area contributed by atoms with Crippen molar-refractivity contribution in [2.24, 2.45) is 0 Å². The maximum Gasteiger partial charge on any atom is 0.249 e. The quantitative estimate of drug-likeness (QED) is 0.822. The van der Waals surface area contributed by atoms with E-state index in [1.54, 1.807) is 0 Å². The van der Waals surface area contributed by atoms with E-state index in [4.69, 9.17) is 9.57 Å². The Labute approximate surface area is 107 Å². The molecule has 0 atom stereocenters. The minimum absolute atomic E-state index is 0.00218. The average molecular weight is 249 g/mol. The highest BCUT2D eigenvalue weighted by atomic mass is 16.7. The van der Waals surface area contributed by atoms with Gasteiger partial charge in [-0.3, -0.25) is 9.63 Å². The number of nitrogens with zero attached hydrogens (tertiary/aromatic N) is 1. The zero-order valence-electron chi connectivity index (χ0n) is 10.7. The molecule has 1 fully saturated rings. The van der Waals surface area contributed by atoms with Crippen molar-refractivity contribution >= 4 is 5.91 Å². The summed E-state index contributed by atoms with van der Waals surface area (Å²) < 4.78 is 5.55. The van der Waals surface area contributed by atoms with Gasteiger partial charge >= 0.3 is 0 Å². The van der Waals surface area contributed by atoms with Crippen LogP contribution >= 0.6 is 0 Å². The molecule has 0 aromatic heterocycles. The molecule has 2 rings (SSSR count). The maximum atomic E-state index is 11.8. The highest BCUT2D eigenvalue weighted by molar-refractivity contribution is 5.75. The first kappa shape index (κ1) is 12.9. The molecular formula is C14H19NO3. The van der Waals surface area contributed by atoms with Crippen LogP contribution in [0.1, 0.15) is 24.8 Å². The number of hydrogen-bond donors (Lipinski definition) is 0. The van der Waals surface area contributed by atoms with Gasteiger partial charge in [0.05, 0.1) is 19.6 Å². The van der Waals surface area contributed by atoms with Crippen LogP contribution in [0.25, 0.3) is 0 Å². The summed E-state index contributed by atoms with van der Waals surface area (Å²) in [6, 6.07) is 7.82. The molecule has 0 unspecified atom stereocenters. The zero-order chi connectivity index (χ0) is 12.8. The molecule has 0 N–H and O–H groups in total. The molecule has 4 heteroatoms. The Kier molecular flexibility index (Phi) is 4.59. The second-order valence-electron chi connectivity index (χ2n) is 4.45. The van der Waals surface area contributed by atoms with Crippen molar-refractivity contribution in [3.63, 3.8) is 0 Å². The predicted molar refractivity (Wildman–Crippen MR) is 68.2 cm³/mol. The number of hydroxylamine groups is 2. The standard InChI is InChI=1S/C14H19NO3/c1-12-5-4-6-13(11-12)17-10-7-14(16)15-8-2-3-9-18-15/h4-6,11H,2-3,7-10H2,1H3. The molecule has 1 aliphatic heterocycles. The van der Waals surface area contributed by atoms with E-state index in [0.717, 1.165) is 24.2 Å². The molecule has 1 aromatic rings. The lowest BCUT2D eigenvalue weighted by Crippen LogP contribution is -2.36. The lowest BCUT2D eigenvalue weighted by atomic mass is 10.2. The molecule has 1 saturated heterocycles. The minimum atomic E-state index is 0.00218. The molecule has 0 aliphatic carbocycles. The Morgan fingerprint density at radius 1 is 1.44 bits per heavy atom. The van der Waals surface area contributed by atoms with Gasteiger partial charge in [0.1, 0.15) is 5.75 Å². The Morgan fingerprint density at radius 3 is 3.06 bits per heavy atom. The van der Waals surface area contributed by atoms with E-state index in [1.165, 1.54) is 5.06 Å². The first-order valence-corrected chi connectivity index (χ1v) is 6.38. The number of amides is 1. The third-order valence-corrected chi connectivity index (χ3v) is 2.86. The SMILES string of the molecule is Cc1cccc(OCCC(=O)N2CCCCO2)c1. The van der Waals surface area contributed by atoms with Gasteiger partial charge < -0.3 is 4.74 Å². The molecule has 4 nitrogen and oxygen atoms in total. The van der Waals surface area contributed by atoms with Crippen molar-refractivity contribution in [1.29, 1.82) is 0 Å². The molecule has 98 valence electrons. The van der Waals surface area contributed by atoms with Crippen molar-refractivity contribution < 1.29 is 14.4 Å². The van der Waals surface area contributed by atoms with E-state index < -0.39 is 0 Å². The smallest absolute Gasteiger partial charge is 0.249 e. The molecule has 1 aromatic carbocycles. The van der Waals surface area contributed by atoms with Crippen LogP contribution in [0.15, 0.2) is 24.3 Å². The molecule has 1 amide bonds. The zero-order valence-corrected chi connectivity index (χ0v) is 10.7. The monoisotopic (exact) mass is 249 g/mol. The second kappa shape index (κ2) is 6.40. The summed E-state index contributed by atoms with van der Waals surface area (Å²) in [5.74, 6) is 0.810. The number of carbonyl (C=O) groups excluding carboxylic acids is 1. The van der Waals surface area contributed by atoms with E-state index >= 15 is 0 Å². The van der Waals surface area contributed by atoms with Gasteiger partial charge in [-0.05, 0) is 37.5 Å². The van der Waals surface area contributed by atoms with Gasteiger partial charge in [-0.2, -0.15) is 0 Å². The van der Waals surface area contributed by atoms with Crippen LogP contribution in [-0.4, -0.2) is 30.7 Å². The second-order valence-corrected chi connectivity index (χ2v) is 4.45. The van der Waals surface area contributed by atoms with Crippen LogP contribution in [0.3, 0.4) is 0 Å². The van der Waals surface area contributed by atoms with Gasteiger partial charge in [0.15, 0.2) is 0 Å². The fourth-order valence-corrected chi connectivity index (χ4v) is 1.88. The summed E-state index contributed by atoms with van der Waals surface area (Å²) in [5, 5.41) is 1.46. The van der Waals surface area contributed by atoms with Crippen molar-refractivity contribution in [3.05, 3.63) is 29.8 Å². The highest BCUT2D eigenvalue weighted by Crippen LogP contribution is 2.13. The molecular weight excluding hydrogens is 230 g/mol. The van der Waals surface area contributed by atoms with E-state index in [1.807, 2.05) is 31.2 Å². The summed E-state index contributed by atoms with van der Waals surface area (Å²) in [7, 11) is 0. The maximum absolute atomic E-state index is 11.8. The Hall–Kier alpha value is -1.55.